The number of aromatic nitrogens is 2. The van der Waals surface area contributed by atoms with Crippen LogP contribution in [0.1, 0.15) is 50.7 Å². The standard InChI is InChI=1S/C31H31N5O4S/c1-18-15-23(12-13-25(18)33-27(37)17-40-4)36-29(28(34-31(36)41)26-7-5-6-14-32-26)24-16-19(2)35(20(24)3)22-10-8-21(9-11-22)30(38)39/h5-16,28-29H,17H2,1-4H3,(H,33,37)(H,34,41)(H,38,39)/t28-,29+/m1/s1. The van der Waals surface area contributed by atoms with Crippen molar-refractivity contribution in [2.75, 3.05) is 23.9 Å². The summed E-state index contributed by atoms with van der Waals surface area (Å²) in [5, 5.41) is 16.3. The minimum absolute atomic E-state index is 0.0240. The van der Waals surface area contributed by atoms with Gasteiger partial charge in [-0.15, -0.1) is 0 Å². The number of methoxy groups -OCH3 is 1. The second-order valence-electron chi connectivity index (χ2n) is 9.99. The number of nitrogens with one attached hydrogen (secondary N) is 2. The van der Waals surface area contributed by atoms with Gasteiger partial charge in [0.15, 0.2) is 5.11 Å². The number of aryl methyl sites for hydroxylation is 2. The van der Waals surface area contributed by atoms with Crippen molar-refractivity contribution in [2.45, 2.75) is 32.9 Å². The summed E-state index contributed by atoms with van der Waals surface area (Å²) < 4.78 is 7.06. The molecule has 9 nitrogen and oxygen atoms in total. The summed E-state index contributed by atoms with van der Waals surface area (Å²) in [6, 6.07) is 20.2. The number of pyridine rings is 1. The lowest BCUT2D eigenvalue weighted by Gasteiger charge is -2.29. The van der Waals surface area contributed by atoms with E-state index in [2.05, 4.69) is 38.1 Å². The highest BCUT2D eigenvalue weighted by Gasteiger charge is 2.42. The molecule has 41 heavy (non-hydrogen) atoms. The van der Waals surface area contributed by atoms with Gasteiger partial charge in [0.2, 0.25) is 5.91 Å². The Morgan fingerprint density at radius 1 is 1.05 bits per heavy atom. The van der Waals surface area contributed by atoms with Crippen molar-refractivity contribution in [3.63, 3.8) is 0 Å². The molecule has 3 heterocycles. The van der Waals surface area contributed by atoms with E-state index in [0.717, 1.165) is 39.6 Å². The van der Waals surface area contributed by atoms with Gasteiger partial charge in [-0.05, 0) is 105 Å². The summed E-state index contributed by atoms with van der Waals surface area (Å²) in [7, 11) is 1.48. The molecule has 3 N–H and O–H groups in total. The summed E-state index contributed by atoms with van der Waals surface area (Å²) >= 11 is 5.91. The highest BCUT2D eigenvalue weighted by Crippen LogP contribution is 2.44. The van der Waals surface area contributed by atoms with E-state index >= 15 is 0 Å². The predicted octanol–water partition coefficient (Wildman–Crippen LogP) is 5.26. The van der Waals surface area contributed by atoms with Crippen molar-refractivity contribution in [1.82, 2.24) is 14.9 Å². The molecule has 1 amide bonds. The molecule has 1 fully saturated rings. The minimum Gasteiger partial charge on any atom is -0.478 e. The Bertz CT molecular complexity index is 1620. The molecule has 1 saturated heterocycles. The van der Waals surface area contributed by atoms with Crippen LogP contribution in [0, 0.1) is 20.8 Å². The van der Waals surface area contributed by atoms with Crippen molar-refractivity contribution < 1.29 is 19.4 Å². The first-order valence-electron chi connectivity index (χ1n) is 13.1. The summed E-state index contributed by atoms with van der Waals surface area (Å²) in [4.78, 5) is 30.3. The zero-order valence-electron chi connectivity index (χ0n) is 23.2. The molecule has 0 aliphatic carbocycles. The smallest absolute Gasteiger partial charge is 0.335 e. The van der Waals surface area contributed by atoms with Crippen molar-refractivity contribution in [1.29, 1.82) is 0 Å². The molecule has 1 aliphatic heterocycles. The highest BCUT2D eigenvalue weighted by atomic mass is 32.1. The Morgan fingerprint density at radius 2 is 1.78 bits per heavy atom. The van der Waals surface area contributed by atoms with E-state index in [1.807, 2.05) is 62.4 Å². The third kappa shape index (κ3) is 5.44. The maximum absolute atomic E-state index is 12.1. The molecule has 0 bridgehead atoms. The summed E-state index contributed by atoms with van der Waals surface area (Å²) in [6.07, 6.45) is 1.77. The number of anilines is 2. The number of aromatic carboxylic acids is 1. The number of rotatable bonds is 8. The lowest BCUT2D eigenvalue weighted by Crippen LogP contribution is -2.29. The molecule has 0 unspecified atom stereocenters. The molecule has 4 aromatic rings. The SMILES string of the molecule is COCC(=O)Nc1ccc(N2C(=S)N[C@H](c3ccccn3)[C@@H]2c2cc(C)n(-c3ccc(C(=O)O)cc3)c2C)cc1C. The van der Waals surface area contributed by atoms with Crippen LogP contribution >= 0.6 is 12.2 Å². The lowest BCUT2D eigenvalue weighted by molar-refractivity contribution is -0.119. The molecule has 1 aliphatic rings. The Kier molecular flexibility index (Phi) is 7.87. The zero-order valence-corrected chi connectivity index (χ0v) is 24.0. The number of benzene rings is 2. The highest BCUT2D eigenvalue weighted by molar-refractivity contribution is 7.80. The maximum atomic E-state index is 12.1. The van der Waals surface area contributed by atoms with E-state index in [1.54, 1.807) is 18.3 Å². The fraction of sp³-hybridized carbons (Fsp3) is 0.226. The van der Waals surface area contributed by atoms with Gasteiger partial charge in [0.1, 0.15) is 6.61 Å². The van der Waals surface area contributed by atoms with Gasteiger partial charge in [-0.3, -0.25) is 9.78 Å². The van der Waals surface area contributed by atoms with Gasteiger partial charge in [0, 0.05) is 41.8 Å². The zero-order chi connectivity index (χ0) is 29.3. The number of thiocarbonyl (C=S) groups is 1. The quantitative estimate of drug-likeness (QED) is 0.247. The lowest BCUT2D eigenvalue weighted by atomic mass is 9.96. The summed E-state index contributed by atoms with van der Waals surface area (Å²) in [6.45, 7) is 6.01. The van der Waals surface area contributed by atoms with Crippen LogP contribution in [0.5, 0.6) is 0 Å². The van der Waals surface area contributed by atoms with Gasteiger partial charge in [0.05, 0.1) is 23.3 Å². The fourth-order valence-corrected chi connectivity index (χ4v) is 5.79. The van der Waals surface area contributed by atoms with Crippen molar-refractivity contribution in [3.05, 3.63) is 107 Å². The Balaban J connectivity index is 1.59. The van der Waals surface area contributed by atoms with E-state index in [0.29, 0.717) is 10.8 Å². The monoisotopic (exact) mass is 569 g/mol. The van der Waals surface area contributed by atoms with Crippen LogP contribution in [-0.2, 0) is 9.53 Å². The first-order chi connectivity index (χ1) is 19.7. The fourth-order valence-electron chi connectivity index (χ4n) is 5.44. The number of carboxylic acid groups (broad SMARTS) is 1. The van der Waals surface area contributed by atoms with Crippen molar-refractivity contribution >= 4 is 40.6 Å². The number of hydrogen-bond acceptors (Lipinski definition) is 5. The van der Waals surface area contributed by atoms with Crippen LogP contribution in [0.3, 0.4) is 0 Å². The van der Waals surface area contributed by atoms with Crippen LogP contribution in [0.4, 0.5) is 11.4 Å². The van der Waals surface area contributed by atoms with Crippen LogP contribution in [0.25, 0.3) is 5.69 Å². The molecule has 10 heteroatoms. The number of carbonyl (C=O) groups excluding carboxylic acids is 1. The third-order valence-electron chi connectivity index (χ3n) is 7.30. The molecular formula is C31H31N5O4S. The molecule has 5 rings (SSSR count). The molecule has 210 valence electrons. The third-order valence-corrected chi connectivity index (χ3v) is 7.61. The number of amides is 1. The second kappa shape index (κ2) is 11.5. The normalized spacial score (nSPS) is 16.5. The van der Waals surface area contributed by atoms with Gasteiger partial charge >= 0.3 is 5.97 Å². The number of carbonyl (C=O) groups is 2. The van der Waals surface area contributed by atoms with Crippen molar-refractivity contribution in [3.8, 4) is 5.69 Å². The Morgan fingerprint density at radius 3 is 2.41 bits per heavy atom. The summed E-state index contributed by atoms with van der Waals surface area (Å²) in [5.41, 5.74) is 7.51. The van der Waals surface area contributed by atoms with Gasteiger partial charge in [-0.25, -0.2) is 4.79 Å². The van der Waals surface area contributed by atoms with Gasteiger partial charge < -0.3 is 29.9 Å². The second-order valence-corrected chi connectivity index (χ2v) is 10.4. The average Bonchev–Trinajstić information content (AvgIpc) is 3.45. The van der Waals surface area contributed by atoms with Crippen molar-refractivity contribution in [2.24, 2.45) is 0 Å². The Labute approximate surface area is 243 Å². The van der Waals surface area contributed by atoms with E-state index in [4.69, 9.17) is 17.0 Å². The first-order valence-corrected chi connectivity index (χ1v) is 13.5. The van der Waals surface area contributed by atoms with E-state index < -0.39 is 5.97 Å². The van der Waals surface area contributed by atoms with Crippen LogP contribution < -0.4 is 15.5 Å². The van der Waals surface area contributed by atoms with E-state index in [-0.39, 0.29) is 30.2 Å². The van der Waals surface area contributed by atoms with Crippen LogP contribution in [0.15, 0.2) is 72.9 Å². The van der Waals surface area contributed by atoms with Gasteiger partial charge in [-0.1, -0.05) is 6.07 Å². The van der Waals surface area contributed by atoms with E-state index in [1.165, 1.54) is 7.11 Å². The number of hydrogen-bond donors (Lipinski definition) is 3. The molecule has 2 aromatic carbocycles. The largest absolute Gasteiger partial charge is 0.478 e. The van der Waals surface area contributed by atoms with Crippen LogP contribution in [0.2, 0.25) is 0 Å². The molecule has 0 spiro atoms. The molecule has 2 aromatic heterocycles. The Hall–Kier alpha value is -4.54. The average molecular weight is 570 g/mol. The molecule has 0 saturated carbocycles. The number of nitrogens with zero attached hydrogens (tertiary/aromatic N) is 3. The predicted molar refractivity (Wildman–Crippen MR) is 162 cm³/mol. The summed E-state index contributed by atoms with van der Waals surface area (Å²) in [5.74, 6) is -1.18. The molecular weight excluding hydrogens is 538 g/mol. The topological polar surface area (TPSA) is 109 Å². The molecule has 0 radical (unpaired) electrons. The van der Waals surface area contributed by atoms with Crippen LogP contribution in [-0.4, -0.2) is 45.4 Å². The van der Waals surface area contributed by atoms with Gasteiger partial charge in [-0.2, -0.15) is 0 Å². The number of ether oxygens (including phenoxy) is 1. The molecule has 2 atom stereocenters. The maximum Gasteiger partial charge on any atom is 0.335 e. The minimum atomic E-state index is -0.961. The first kappa shape index (κ1) is 28.0. The van der Waals surface area contributed by atoms with E-state index in [9.17, 15) is 14.7 Å². The van der Waals surface area contributed by atoms with Gasteiger partial charge in [0.25, 0.3) is 0 Å². The number of carboxylic acids is 1.